The number of nitrogens with zero attached hydrogens (tertiary/aromatic N) is 5. The SMILES string of the molecule is c1ccc2c(-c3ccc4ccc(-c5ccc6ccc(-c7ccc(-c8cc9cccnc9c9ncccc89)cc7)cc6n5)cc4n3)cncc2c1. The van der Waals surface area contributed by atoms with E-state index in [4.69, 9.17) is 9.97 Å². The maximum Gasteiger partial charge on any atom is 0.0970 e. The van der Waals surface area contributed by atoms with Crippen LogP contribution in [-0.2, 0) is 0 Å². The molecule has 5 aromatic heterocycles. The van der Waals surface area contributed by atoms with Crippen LogP contribution >= 0.6 is 0 Å². The minimum absolute atomic E-state index is 0.906. The Kier molecular flexibility index (Phi) is 6.42. The molecular weight excluding hydrogens is 611 g/mol. The van der Waals surface area contributed by atoms with Crippen LogP contribution in [0.5, 0.6) is 0 Å². The Morgan fingerprint density at radius 3 is 1.84 bits per heavy atom. The molecule has 0 aliphatic carbocycles. The van der Waals surface area contributed by atoms with Gasteiger partial charge in [0.05, 0.1) is 33.5 Å². The van der Waals surface area contributed by atoms with Crippen molar-refractivity contribution < 1.29 is 0 Å². The van der Waals surface area contributed by atoms with E-state index in [0.717, 1.165) is 99.2 Å². The van der Waals surface area contributed by atoms with Gasteiger partial charge < -0.3 is 0 Å². The van der Waals surface area contributed by atoms with Crippen molar-refractivity contribution >= 4 is 54.4 Å². The molecule has 0 amide bonds. The molecule has 0 radical (unpaired) electrons. The predicted octanol–water partition coefficient (Wildman–Crippen LogP) is 11.1. The number of hydrogen-bond acceptors (Lipinski definition) is 5. The van der Waals surface area contributed by atoms with Gasteiger partial charge in [0.1, 0.15) is 0 Å². The quantitative estimate of drug-likeness (QED) is 0.180. The second-order valence-electron chi connectivity index (χ2n) is 12.6. The van der Waals surface area contributed by atoms with Crippen molar-refractivity contribution in [2.45, 2.75) is 0 Å². The highest BCUT2D eigenvalue weighted by Gasteiger charge is 2.12. The average molecular weight is 638 g/mol. The number of fused-ring (bicyclic) bond motifs is 6. The Hall–Kier alpha value is -6.85. The van der Waals surface area contributed by atoms with Crippen LogP contribution in [0.25, 0.3) is 99.2 Å². The van der Waals surface area contributed by atoms with Crippen molar-refractivity contribution in [3.63, 3.8) is 0 Å². The molecule has 10 aromatic rings. The van der Waals surface area contributed by atoms with Crippen molar-refractivity contribution in [2.75, 3.05) is 0 Å². The molecular formula is C45H27N5. The fourth-order valence-electron chi connectivity index (χ4n) is 7.06. The first-order valence-electron chi connectivity index (χ1n) is 16.6. The van der Waals surface area contributed by atoms with Crippen molar-refractivity contribution in [3.05, 3.63) is 164 Å². The molecule has 0 N–H and O–H groups in total. The van der Waals surface area contributed by atoms with Crippen LogP contribution in [0.2, 0.25) is 0 Å². The summed E-state index contributed by atoms with van der Waals surface area (Å²) in [4.78, 5) is 24.0. The van der Waals surface area contributed by atoms with Crippen LogP contribution in [0, 0.1) is 0 Å². The third-order valence-electron chi connectivity index (χ3n) is 9.61. The highest BCUT2D eigenvalue weighted by atomic mass is 14.7. The van der Waals surface area contributed by atoms with Gasteiger partial charge in [-0.2, -0.15) is 0 Å². The van der Waals surface area contributed by atoms with Gasteiger partial charge in [-0.3, -0.25) is 15.0 Å². The molecule has 0 bridgehead atoms. The summed E-state index contributed by atoms with van der Waals surface area (Å²) >= 11 is 0. The summed E-state index contributed by atoms with van der Waals surface area (Å²) in [7, 11) is 0. The summed E-state index contributed by atoms with van der Waals surface area (Å²) in [5.74, 6) is 0. The third-order valence-corrected chi connectivity index (χ3v) is 9.61. The molecule has 5 heterocycles. The predicted molar refractivity (Wildman–Crippen MR) is 205 cm³/mol. The Morgan fingerprint density at radius 1 is 0.360 bits per heavy atom. The maximum atomic E-state index is 5.14. The van der Waals surface area contributed by atoms with Gasteiger partial charge in [-0.05, 0) is 70.1 Å². The largest absolute Gasteiger partial charge is 0.263 e. The maximum absolute atomic E-state index is 5.14. The molecule has 50 heavy (non-hydrogen) atoms. The minimum Gasteiger partial charge on any atom is -0.263 e. The summed E-state index contributed by atoms with van der Waals surface area (Å²) in [5, 5.41) is 6.61. The molecule has 0 fully saturated rings. The van der Waals surface area contributed by atoms with Gasteiger partial charge in [-0.15, -0.1) is 0 Å². The minimum atomic E-state index is 0.906. The van der Waals surface area contributed by atoms with E-state index in [-0.39, 0.29) is 0 Å². The first kappa shape index (κ1) is 28.2. The monoisotopic (exact) mass is 637 g/mol. The zero-order valence-electron chi connectivity index (χ0n) is 26.8. The molecule has 5 heteroatoms. The van der Waals surface area contributed by atoms with E-state index in [0.29, 0.717) is 0 Å². The van der Waals surface area contributed by atoms with Crippen LogP contribution in [-0.4, -0.2) is 24.9 Å². The lowest BCUT2D eigenvalue weighted by Gasteiger charge is -2.11. The standard InChI is InChI=1S/C45H27N5/c1-2-7-36-35(5-1)26-46-27-39(36)41-20-18-31-14-16-33(25-43(31)50-41)40-19-17-30-13-15-32(24-42(30)49-40)28-9-11-29(12-10-28)38-23-34-6-3-21-47-44(34)45-37(38)8-4-22-48-45/h1-27H. The van der Waals surface area contributed by atoms with Gasteiger partial charge in [0.15, 0.2) is 0 Å². The lowest BCUT2D eigenvalue weighted by atomic mass is 9.95. The normalized spacial score (nSPS) is 11.6. The van der Waals surface area contributed by atoms with Gasteiger partial charge in [0, 0.05) is 62.8 Å². The molecule has 0 spiro atoms. The molecule has 5 nitrogen and oxygen atoms in total. The fraction of sp³-hybridized carbons (Fsp3) is 0. The topological polar surface area (TPSA) is 64.5 Å². The zero-order chi connectivity index (χ0) is 33.0. The summed E-state index contributed by atoms with van der Waals surface area (Å²) in [6.45, 7) is 0. The zero-order valence-corrected chi connectivity index (χ0v) is 26.8. The fourth-order valence-corrected chi connectivity index (χ4v) is 7.06. The van der Waals surface area contributed by atoms with Gasteiger partial charge in [0.2, 0.25) is 0 Å². The molecule has 0 unspecified atom stereocenters. The number of rotatable bonds is 4. The summed E-state index contributed by atoms with van der Waals surface area (Å²) < 4.78 is 0. The van der Waals surface area contributed by atoms with E-state index in [9.17, 15) is 0 Å². The van der Waals surface area contributed by atoms with E-state index in [1.165, 1.54) is 0 Å². The Balaban J connectivity index is 0.998. The summed E-state index contributed by atoms with van der Waals surface area (Å²) in [5.41, 5.74) is 12.2. The van der Waals surface area contributed by atoms with E-state index in [1.807, 2.05) is 43.0 Å². The second-order valence-corrected chi connectivity index (χ2v) is 12.6. The van der Waals surface area contributed by atoms with Crippen LogP contribution in [0.3, 0.4) is 0 Å². The Labute approximate surface area is 287 Å². The van der Waals surface area contributed by atoms with Crippen LogP contribution in [0.4, 0.5) is 0 Å². The van der Waals surface area contributed by atoms with Gasteiger partial charge in [-0.25, -0.2) is 9.97 Å². The number of benzene rings is 5. The van der Waals surface area contributed by atoms with E-state index < -0.39 is 0 Å². The van der Waals surface area contributed by atoms with E-state index >= 15 is 0 Å². The van der Waals surface area contributed by atoms with Crippen molar-refractivity contribution in [1.82, 2.24) is 24.9 Å². The average Bonchev–Trinajstić information content (AvgIpc) is 3.19. The van der Waals surface area contributed by atoms with Gasteiger partial charge in [0.25, 0.3) is 0 Å². The van der Waals surface area contributed by atoms with Gasteiger partial charge in [-0.1, -0.05) is 97.1 Å². The number of pyridine rings is 5. The summed E-state index contributed by atoms with van der Waals surface area (Å²) in [6.07, 6.45) is 7.46. The van der Waals surface area contributed by atoms with E-state index in [2.05, 4.69) is 136 Å². The first-order chi connectivity index (χ1) is 24.7. The van der Waals surface area contributed by atoms with Crippen LogP contribution < -0.4 is 0 Å². The highest BCUT2D eigenvalue weighted by molar-refractivity contribution is 6.10. The molecule has 0 atom stereocenters. The molecule has 10 rings (SSSR count). The first-order valence-corrected chi connectivity index (χ1v) is 16.6. The van der Waals surface area contributed by atoms with Crippen LogP contribution in [0.1, 0.15) is 0 Å². The molecule has 232 valence electrons. The highest BCUT2D eigenvalue weighted by Crippen LogP contribution is 2.35. The number of hydrogen-bond donors (Lipinski definition) is 0. The molecule has 0 aliphatic heterocycles. The van der Waals surface area contributed by atoms with Crippen LogP contribution in [0.15, 0.2) is 164 Å². The lowest BCUT2D eigenvalue weighted by molar-refractivity contribution is 1.33. The smallest absolute Gasteiger partial charge is 0.0970 e. The van der Waals surface area contributed by atoms with Crippen molar-refractivity contribution in [3.8, 4) is 44.8 Å². The second kappa shape index (κ2) is 11.4. The van der Waals surface area contributed by atoms with Gasteiger partial charge >= 0.3 is 0 Å². The molecule has 0 saturated carbocycles. The summed E-state index contributed by atoms with van der Waals surface area (Å²) in [6, 6.07) is 48.8. The Bertz CT molecular complexity index is 2930. The molecule has 0 aliphatic rings. The lowest BCUT2D eigenvalue weighted by Crippen LogP contribution is -1.90. The van der Waals surface area contributed by atoms with E-state index in [1.54, 1.807) is 0 Å². The molecule has 5 aromatic carbocycles. The Morgan fingerprint density at radius 2 is 0.980 bits per heavy atom. The third kappa shape index (κ3) is 4.75. The molecule has 0 saturated heterocycles. The number of aromatic nitrogens is 5. The van der Waals surface area contributed by atoms with Crippen molar-refractivity contribution in [2.24, 2.45) is 0 Å². The van der Waals surface area contributed by atoms with Crippen molar-refractivity contribution in [1.29, 1.82) is 0 Å².